The van der Waals surface area contributed by atoms with Gasteiger partial charge in [0.25, 0.3) is 0 Å². The molecule has 1 aromatic rings. The lowest BCUT2D eigenvalue weighted by molar-refractivity contribution is 0.0692. The van der Waals surface area contributed by atoms with Crippen molar-refractivity contribution in [3.05, 3.63) is 11.6 Å². The Labute approximate surface area is 75.6 Å². The quantitative estimate of drug-likeness (QED) is 0.685. The van der Waals surface area contributed by atoms with Gasteiger partial charge in [-0.3, -0.25) is 0 Å². The number of nitrogen functional groups attached to an aromatic ring is 1. The maximum atomic E-state index is 10.6. The molecular weight excluding hydrogens is 172 g/mol. The molecule has 1 aromatic heterocycles. The summed E-state index contributed by atoms with van der Waals surface area (Å²) in [5.74, 6) is -0.975. The van der Waals surface area contributed by atoms with Gasteiger partial charge in [-0.1, -0.05) is 20.8 Å². The molecule has 0 radical (unpaired) electrons. The number of anilines is 1. The van der Waals surface area contributed by atoms with E-state index in [4.69, 9.17) is 15.3 Å². The van der Waals surface area contributed by atoms with E-state index in [1.54, 1.807) is 0 Å². The van der Waals surface area contributed by atoms with Crippen LogP contribution in [0.15, 0.2) is 4.42 Å². The molecule has 13 heavy (non-hydrogen) atoms. The lowest BCUT2D eigenvalue weighted by atomic mass is 9.97. The number of hydrogen-bond donors (Lipinski definition) is 2. The van der Waals surface area contributed by atoms with Gasteiger partial charge < -0.3 is 15.3 Å². The summed E-state index contributed by atoms with van der Waals surface area (Å²) < 4.78 is 5.03. The number of aromatic carboxylic acids is 1. The SMILES string of the molecule is CC(C)(C)c1nc(C(=O)O)c(N)o1. The minimum atomic E-state index is -1.17. The average molecular weight is 184 g/mol. The maximum absolute atomic E-state index is 10.6. The lowest BCUT2D eigenvalue weighted by Gasteiger charge is -2.11. The predicted molar refractivity (Wildman–Crippen MR) is 46.6 cm³/mol. The van der Waals surface area contributed by atoms with Gasteiger partial charge in [0.1, 0.15) is 0 Å². The Morgan fingerprint density at radius 3 is 2.31 bits per heavy atom. The van der Waals surface area contributed by atoms with Crippen LogP contribution in [-0.2, 0) is 5.41 Å². The van der Waals surface area contributed by atoms with E-state index in [-0.39, 0.29) is 17.0 Å². The van der Waals surface area contributed by atoms with Crippen molar-refractivity contribution in [2.75, 3.05) is 5.73 Å². The highest BCUT2D eigenvalue weighted by atomic mass is 16.4. The summed E-state index contributed by atoms with van der Waals surface area (Å²) in [5.41, 5.74) is 4.78. The second kappa shape index (κ2) is 2.76. The lowest BCUT2D eigenvalue weighted by Crippen LogP contribution is -2.12. The Balaban J connectivity index is 3.17. The van der Waals surface area contributed by atoms with Crippen molar-refractivity contribution < 1.29 is 14.3 Å². The van der Waals surface area contributed by atoms with Crippen LogP contribution in [-0.4, -0.2) is 16.1 Å². The zero-order valence-electron chi connectivity index (χ0n) is 7.79. The third-order valence-electron chi connectivity index (χ3n) is 1.50. The van der Waals surface area contributed by atoms with E-state index in [0.29, 0.717) is 5.89 Å². The summed E-state index contributed by atoms with van der Waals surface area (Å²) in [5, 5.41) is 8.64. The van der Waals surface area contributed by atoms with Crippen LogP contribution in [0.25, 0.3) is 0 Å². The fourth-order valence-electron chi connectivity index (χ4n) is 0.806. The number of carboxylic acids is 1. The molecule has 0 spiro atoms. The topological polar surface area (TPSA) is 89.3 Å². The van der Waals surface area contributed by atoms with E-state index in [1.807, 2.05) is 20.8 Å². The van der Waals surface area contributed by atoms with Crippen LogP contribution in [0, 0.1) is 0 Å². The fourth-order valence-corrected chi connectivity index (χ4v) is 0.806. The molecule has 0 fully saturated rings. The summed E-state index contributed by atoms with van der Waals surface area (Å²) in [7, 11) is 0. The number of oxazole rings is 1. The van der Waals surface area contributed by atoms with Crippen LogP contribution in [0.3, 0.4) is 0 Å². The standard InChI is InChI=1S/C8H12N2O3/c1-8(2,3)7-10-4(6(11)12)5(9)13-7/h9H2,1-3H3,(H,11,12). The molecule has 0 saturated carbocycles. The molecule has 3 N–H and O–H groups in total. The zero-order chi connectivity index (χ0) is 10.2. The fraction of sp³-hybridized carbons (Fsp3) is 0.500. The Morgan fingerprint density at radius 2 is 2.08 bits per heavy atom. The number of carbonyl (C=O) groups is 1. The Bertz CT molecular complexity index is 336. The zero-order valence-corrected chi connectivity index (χ0v) is 7.79. The number of nitrogens with two attached hydrogens (primary N) is 1. The van der Waals surface area contributed by atoms with Crippen LogP contribution in [0.1, 0.15) is 37.2 Å². The molecule has 5 nitrogen and oxygen atoms in total. The van der Waals surface area contributed by atoms with Gasteiger partial charge in [0.15, 0.2) is 0 Å². The maximum Gasteiger partial charge on any atom is 0.360 e. The predicted octanol–water partition coefficient (Wildman–Crippen LogP) is 1.25. The van der Waals surface area contributed by atoms with Crippen molar-refractivity contribution in [1.29, 1.82) is 0 Å². The summed E-state index contributed by atoms with van der Waals surface area (Å²) >= 11 is 0. The highest BCUT2D eigenvalue weighted by Crippen LogP contribution is 2.25. The Hall–Kier alpha value is -1.52. The van der Waals surface area contributed by atoms with Crippen molar-refractivity contribution in [2.24, 2.45) is 0 Å². The molecule has 0 saturated heterocycles. The molecule has 5 heteroatoms. The molecule has 0 aliphatic rings. The normalized spacial score (nSPS) is 11.6. The largest absolute Gasteiger partial charge is 0.476 e. The molecule has 0 unspecified atom stereocenters. The number of rotatable bonds is 1. The number of aromatic nitrogens is 1. The molecule has 0 amide bonds. The molecular formula is C8H12N2O3. The van der Waals surface area contributed by atoms with E-state index in [9.17, 15) is 4.79 Å². The smallest absolute Gasteiger partial charge is 0.360 e. The van der Waals surface area contributed by atoms with Crippen molar-refractivity contribution in [2.45, 2.75) is 26.2 Å². The Morgan fingerprint density at radius 1 is 1.54 bits per heavy atom. The van der Waals surface area contributed by atoms with Crippen molar-refractivity contribution >= 4 is 11.9 Å². The number of carboxylic acid groups (broad SMARTS) is 1. The van der Waals surface area contributed by atoms with Crippen LogP contribution in [0.4, 0.5) is 5.88 Å². The molecule has 0 aromatic carbocycles. The van der Waals surface area contributed by atoms with E-state index < -0.39 is 5.97 Å². The van der Waals surface area contributed by atoms with Gasteiger partial charge >= 0.3 is 5.97 Å². The van der Waals surface area contributed by atoms with Crippen LogP contribution < -0.4 is 5.73 Å². The highest BCUT2D eigenvalue weighted by molar-refractivity contribution is 5.89. The average Bonchev–Trinajstić information content (AvgIpc) is 2.29. The van der Waals surface area contributed by atoms with E-state index in [0.717, 1.165) is 0 Å². The first-order valence-corrected chi connectivity index (χ1v) is 3.82. The van der Waals surface area contributed by atoms with Gasteiger partial charge in [-0.25, -0.2) is 9.78 Å². The summed E-state index contributed by atoms with van der Waals surface area (Å²) in [6, 6.07) is 0. The van der Waals surface area contributed by atoms with Gasteiger partial charge in [0, 0.05) is 5.41 Å². The van der Waals surface area contributed by atoms with Crippen molar-refractivity contribution in [1.82, 2.24) is 4.98 Å². The third-order valence-corrected chi connectivity index (χ3v) is 1.50. The van der Waals surface area contributed by atoms with Crippen LogP contribution >= 0.6 is 0 Å². The summed E-state index contributed by atoms with van der Waals surface area (Å²) in [4.78, 5) is 14.3. The Kier molecular flexibility index (Phi) is 2.03. The van der Waals surface area contributed by atoms with E-state index >= 15 is 0 Å². The van der Waals surface area contributed by atoms with Gasteiger partial charge in [-0.15, -0.1) is 0 Å². The number of nitrogens with zero attached hydrogens (tertiary/aromatic N) is 1. The molecule has 1 heterocycles. The highest BCUT2D eigenvalue weighted by Gasteiger charge is 2.25. The molecule has 0 aliphatic heterocycles. The van der Waals surface area contributed by atoms with Crippen molar-refractivity contribution in [3.8, 4) is 0 Å². The number of hydrogen-bond acceptors (Lipinski definition) is 4. The van der Waals surface area contributed by atoms with Gasteiger partial charge in [0.05, 0.1) is 0 Å². The monoisotopic (exact) mass is 184 g/mol. The molecule has 0 aliphatic carbocycles. The van der Waals surface area contributed by atoms with Gasteiger partial charge in [0.2, 0.25) is 17.5 Å². The van der Waals surface area contributed by atoms with Crippen LogP contribution in [0.2, 0.25) is 0 Å². The van der Waals surface area contributed by atoms with Gasteiger partial charge in [-0.05, 0) is 0 Å². The van der Waals surface area contributed by atoms with Crippen LogP contribution in [0.5, 0.6) is 0 Å². The summed E-state index contributed by atoms with van der Waals surface area (Å²) in [6.45, 7) is 5.59. The first-order chi connectivity index (χ1) is 5.82. The van der Waals surface area contributed by atoms with Gasteiger partial charge in [-0.2, -0.15) is 0 Å². The minimum Gasteiger partial charge on any atom is -0.476 e. The molecule has 1 rings (SSSR count). The molecule has 0 bridgehead atoms. The second-order valence-electron chi connectivity index (χ2n) is 3.79. The molecule has 0 atom stereocenters. The minimum absolute atomic E-state index is 0.141. The second-order valence-corrected chi connectivity index (χ2v) is 3.79. The molecule has 72 valence electrons. The first kappa shape index (κ1) is 9.57. The van der Waals surface area contributed by atoms with E-state index in [2.05, 4.69) is 4.98 Å². The van der Waals surface area contributed by atoms with Crippen molar-refractivity contribution in [3.63, 3.8) is 0 Å². The third kappa shape index (κ3) is 1.80. The van der Waals surface area contributed by atoms with E-state index in [1.165, 1.54) is 0 Å². The first-order valence-electron chi connectivity index (χ1n) is 3.82. The summed E-state index contributed by atoms with van der Waals surface area (Å²) in [6.07, 6.45) is 0.